The third kappa shape index (κ3) is 4.93. The lowest BCUT2D eigenvalue weighted by Crippen LogP contribution is -2.13. The molecule has 0 heterocycles. The molecule has 0 aliphatic heterocycles. The molecule has 0 atom stereocenters. The summed E-state index contributed by atoms with van der Waals surface area (Å²) < 4.78 is 37.3. The zero-order valence-electron chi connectivity index (χ0n) is 12.4. The molecule has 0 unspecified atom stereocenters. The minimum atomic E-state index is -3.64. The van der Waals surface area contributed by atoms with Crippen molar-refractivity contribution in [3.63, 3.8) is 0 Å². The number of nitrogens with one attached hydrogen (secondary N) is 1. The number of nitrogens with two attached hydrogens (primary N) is 1. The van der Waals surface area contributed by atoms with Crippen molar-refractivity contribution >= 4 is 21.4 Å². The van der Waals surface area contributed by atoms with Crippen LogP contribution in [0.1, 0.15) is 0 Å². The van der Waals surface area contributed by atoms with E-state index in [9.17, 15) is 8.42 Å². The highest BCUT2D eigenvalue weighted by molar-refractivity contribution is 7.92. The Hall–Kier alpha value is -2.67. The van der Waals surface area contributed by atoms with Gasteiger partial charge in [-0.15, -0.1) is 0 Å². The van der Waals surface area contributed by atoms with Crippen LogP contribution in [0.2, 0.25) is 0 Å². The van der Waals surface area contributed by atoms with Crippen molar-refractivity contribution in [1.82, 2.24) is 0 Å². The molecule has 0 bridgehead atoms. The molecule has 122 valence electrons. The number of hydrogen-bond acceptors (Lipinski definition) is 5. The van der Waals surface area contributed by atoms with E-state index in [0.717, 1.165) is 0 Å². The lowest BCUT2D eigenvalue weighted by molar-refractivity contribution is 0.179. The van der Waals surface area contributed by atoms with Gasteiger partial charge in [0.25, 0.3) is 10.0 Å². The van der Waals surface area contributed by atoms with Crippen LogP contribution < -0.4 is 15.2 Å². The molecular weight excluding hydrogens is 316 g/mol. The molecule has 0 fully saturated rings. The molecule has 0 spiro atoms. The van der Waals surface area contributed by atoms with Crippen LogP contribution in [0.15, 0.2) is 66.3 Å². The van der Waals surface area contributed by atoms with Crippen LogP contribution in [0.3, 0.4) is 0 Å². The average molecular weight is 334 g/mol. The zero-order valence-corrected chi connectivity index (χ0v) is 13.3. The van der Waals surface area contributed by atoms with Crippen LogP contribution in [-0.2, 0) is 14.8 Å². The predicted octanol–water partition coefficient (Wildman–Crippen LogP) is 2.61. The van der Waals surface area contributed by atoms with Crippen molar-refractivity contribution in [2.75, 3.05) is 23.7 Å². The smallest absolute Gasteiger partial charge is 0.261 e. The molecule has 0 saturated heterocycles. The molecule has 0 aliphatic carbocycles. The van der Waals surface area contributed by atoms with Crippen molar-refractivity contribution in [2.24, 2.45) is 0 Å². The molecule has 6 nitrogen and oxygen atoms in total. The SMILES string of the molecule is C=COCCOc1ccc(NS(=O)(=O)c2ccc(N)cc2)cc1. The molecule has 7 heteroatoms. The molecule has 2 aromatic rings. The van der Waals surface area contributed by atoms with E-state index in [0.29, 0.717) is 30.3 Å². The van der Waals surface area contributed by atoms with Crippen LogP contribution >= 0.6 is 0 Å². The zero-order chi connectivity index (χ0) is 16.7. The summed E-state index contributed by atoms with van der Waals surface area (Å²) >= 11 is 0. The van der Waals surface area contributed by atoms with Crippen molar-refractivity contribution in [2.45, 2.75) is 4.90 Å². The Balaban J connectivity index is 1.99. The van der Waals surface area contributed by atoms with Gasteiger partial charge in [0.2, 0.25) is 0 Å². The van der Waals surface area contributed by atoms with E-state index in [4.69, 9.17) is 15.2 Å². The first-order chi connectivity index (χ1) is 11.0. The Morgan fingerprint density at radius 3 is 2.30 bits per heavy atom. The Bertz CT molecular complexity index is 741. The molecule has 0 aromatic heterocycles. The minimum Gasteiger partial charge on any atom is -0.498 e. The fourth-order valence-corrected chi connectivity index (χ4v) is 2.83. The highest BCUT2D eigenvalue weighted by Gasteiger charge is 2.13. The number of ether oxygens (including phenoxy) is 2. The molecule has 0 amide bonds. The van der Waals surface area contributed by atoms with Gasteiger partial charge >= 0.3 is 0 Å². The predicted molar refractivity (Wildman–Crippen MR) is 89.7 cm³/mol. The Morgan fingerprint density at radius 1 is 1.04 bits per heavy atom. The summed E-state index contributed by atoms with van der Waals surface area (Å²) in [5, 5.41) is 0. The quantitative estimate of drug-likeness (QED) is 0.440. The molecule has 0 radical (unpaired) electrons. The van der Waals surface area contributed by atoms with Gasteiger partial charge in [0.1, 0.15) is 19.0 Å². The van der Waals surface area contributed by atoms with E-state index in [2.05, 4.69) is 11.3 Å². The Labute approximate surface area is 135 Å². The fraction of sp³-hybridized carbons (Fsp3) is 0.125. The van der Waals surface area contributed by atoms with E-state index in [-0.39, 0.29) is 4.90 Å². The van der Waals surface area contributed by atoms with Gasteiger partial charge in [-0.1, -0.05) is 6.58 Å². The standard InChI is InChI=1S/C16H18N2O4S/c1-2-21-11-12-22-15-7-5-14(6-8-15)18-23(19,20)16-9-3-13(17)4-10-16/h2-10,18H,1,11-12,17H2. The van der Waals surface area contributed by atoms with Gasteiger partial charge in [0.05, 0.1) is 11.2 Å². The number of benzene rings is 2. The maximum absolute atomic E-state index is 12.2. The van der Waals surface area contributed by atoms with Crippen LogP contribution in [0.4, 0.5) is 11.4 Å². The van der Waals surface area contributed by atoms with Crippen LogP contribution in [0.25, 0.3) is 0 Å². The van der Waals surface area contributed by atoms with Crippen molar-refractivity contribution in [1.29, 1.82) is 0 Å². The molecule has 2 aromatic carbocycles. The van der Waals surface area contributed by atoms with Gasteiger partial charge in [-0.05, 0) is 48.5 Å². The number of nitrogen functional groups attached to an aromatic ring is 1. The lowest BCUT2D eigenvalue weighted by Gasteiger charge is -2.10. The number of sulfonamides is 1. The summed E-state index contributed by atoms with van der Waals surface area (Å²) in [7, 11) is -3.64. The largest absolute Gasteiger partial charge is 0.498 e. The second kappa shape index (κ2) is 7.55. The van der Waals surface area contributed by atoms with Crippen LogP contribution in [0, 0.1) is 0 Å². The number of anilines is 2. The third-order valence-electron chi connectivity index (χ3n) is 2.88. The van der Waals surface area contributed by atoms with Gasteiger partial charge in [-0.2, -0.15) is 0 Å². The maximum Gasteiger partial charge on any atom is 0.261 e. The minimum absolute atomic E-state index is 0.147. The monoisotopic (exact) mass is 334 g/mol. The topological polar surface area (TPSA) is 90.6 Å². The second-order valence-electron chi connectivity index (χ2n) is 4.58. The Morgan fingerprint density at radius 2 is 1.70 bits per heavy atom. The molecule has 3 N–H and O–H groups in total. The highest BCUT2D eigenvalue weighted by Crippen LogP contribution is 2.20. The molecular formula is C16H18N2O4S. The summed E-state index contributed by atoms with van der Waals surface area (Å²) in [5.74, 6) is 0.619. The summed E-state index contributed by atoms with van der Waals surface area (Å²) in [6.07, 6.45) is 1.35. The summed E-state index contributed by atoms with van der Waals surface area (Å²) in [6, 6.07) is 12.6. The summed E-state index contributed by atoms with van der Waals surface area (Å²) in [5.41, 5.74) is 6.50. The van der Waals surface area contributed by atoms with Gasteiger partial charge in [0.15, 0.2) is 0 Å². The molecule has 0 saturated carbocycles. The van der Waals surface area contributed by atoms with E-state index >= 15 is 0 Å². The first kappa shape index (κ1) is 16.7. The number of rotatable bonds is 8. The summed E-state index contributed by atoms with van der Waals surface area (Å²) in [6.45, 7) is 4.21. The van der Waals surface area contributed by atoms with Crippen LogP contribution in [0.5, 0.6) is 5.75 Å². The van der Waals surface area contributed by atoms with Crippen molar-refractivity contribution in [3.8, 4) is 5.75 Å². The fourth-order valence-electron chi connectivity index (χ4n) is 1.77. The van der Waals surface area contributed by atoms with Gasteiger partial charge in [-0.3, -0.25) is 4.72 Å². The van der Waals surface area contributed by atoms with E-state index in [1.165, 1.54) is 30.5 Å². The first-order valence-electron chi connectivity index (χ1n) is 6.85. The normalized spacial score (nSPS) is 10.8. The Kier molecular flexibility index (Phi) is 5.48. The third-order valence-corrected chi connectivity index (χ3v) is 4.28. The second-order valence-corrected chi connectivity index (χ2v) is 6.27. The van der Waals surface area contributed by atoms with Gasteiger partial charge in [0, 0.05) is 11.4 Å². The molecule has 2 rings (SSSR count). The van der Waals surface area contributed by atoms with Gasteiger partial charge in [-0.25, -0.2) is 8.42 Å². The van der Waals surface area contributed by atoms with Crippen molar-refractivity contribution in [3.05, 3.63) is 61.4 Å². The average Bonchev–Trinajstić information content (AvgIpc) is 2.53. The van der Waals surface area contributed by atoms with E-state index < -0.39 is 10.0 Å². The lowest BCUT2D eigenvalue weighted by atomic mass is 10.3. The highest BCUT2D eigenvalue weighted by atomic mass is 32.2. The van der Waals surface area contributed by atoms with Crippen LogP contribution in [-0.4, -0.2) is 21.6 Å². The van der Waals surface area contributed by atoms with E-state index in [1.807, 2.05) is 0 Å². The molecule has 0 aliphatic rings. The first-order valence-corrected chi connectivity index (χ1v) is 8.33. The summed E-state index contributed by atoms with van der Waals surface area (Å²) in [4.78, 5) is 0.147. The van der Waals surface area contributed by atoms with Gasteiger partial charge < -0.3 is 15.2 Å². The number of hydrogen-bond donors (Lipinski definition) is 2. The maximum atomic E-state index is 12.2. The van der Waals surface area contributed by atoms with E-state index in [1.54, 1.807) is 24.3 Å². The van der Waals surface area contributed by atoms with Crippen molar-refractivity contribution < 1.29 is 17.9 Å². The molecule has 23 heavy (non-hydrogen) atoms.